The van der Waals surface area contributed by atoms with Crippen LogP contribution in [0.3, 0.4) is 0 Å². The van der Waals surface area contributed by atoms with Gasteiger partial charge in [0.15, 0.2) is 5.78 Å². The average molecular weight is 198 g/mol. The standard InChI is InChI=1S/C11H18OS/c1-13-8-4-6-10-5-2-3-7-11(12)9-10/h9H,2-8H2,1H3. The molecule has 74 valence electrons. The van der Waals surface area contributed by atoms with E-state index in [1.54, 1.807) is 0 Å². The average Bonchev–Trinajstić information content (AvgIpc) is 2.31. The van der Waals surface area contributed by atoms with E-state index in [-0.39, 0.29) is 0 Å². The highest BCUT2D eigenvalue weighted by molar-refractivity contribution is 7.98. The van der Waals surface area contributed by atoms with Crippen LogP contribution < -0.4 is 0 Å². The summed E-state index contributed by atoms with van der Waals surface area (Å²) in [5.74, 6) is 1.56. The zero-order valence-corrected chi connectivity index (χ0v) is 9.16. The summed E-state index contributed by atoms with van der Waals surface area (Å²) in [4.78, 5) is 11.2. The topological polar surface area (TPSA) is 17.1 Å². The molecule has 0 saturated carbocycles. The van der Waals surface area contributed by atoms with Crippen molar-refractivity contribution in [2.75, 3.05) is 12.0 Å². The van der Waals surface area contributed by atoms with Crippen molar-refractivity contribution in [3.63, 3.8) is 0 Å². The number of thioether (sulfide) groups is 1. The molecule has 0 aromatic heterocycles. The maximum atomic E-state index is 11.2. The summed E-state index contributed by atoms with van der Waals surface area (Å²) in [5.41, 5.74) is 1.39. The van der Waals surface area contributed by atoms with Gasteiger partial charge in [0.05, 0.1) is 0 Å². The molecule has 1 aliphatic carbocycles. The second-order valence-corrected chi connectivity index (χ2v) is 4.56. The molecule has 13 heavy (non-hydrogen) atoms. The fraction of sp³-hybridized carbons (Fsp3) is 0.727. The fourth-order valence-corrected chi connectivity index (χ4v) is 2.10. The maximum Gasteiger partial charge on any atom is 0.155 e. The van der Waals surface area contributed by atoms with Gasteiger partial charge in [-0.25, -0.2) is 0 Å². The summed E-state index contributed by atoms with van der Waals surface area (Å²) in [7, 11) is 0. The van der Waals surface area contributed by atoms with E-state index in [9.17, 15) is 4.79 Å². The lowest BCUT2D eigenvalue weighted by atomic mass is 10.1. The highest BCUT2D eigenvalue weighted by atomic mass is 32.2. The smallest absolute Gasteiger partial charge is 0.155 e. The van der Waals surface area contributed by atoms with Gasteiger partial charge in [0.1, 0.15) is 0 Å². The molecule has 0 heterocycles. The van der Waals surface area contributed by atoms with E-state index in [4.69, 9.17) is 0 Å². The predicted octanol–water partition coefficient (Wildman–Crippen LogP) is 3.20. The number of carbonyl (C=O) groups is 1. The summed E-state index contributed by atoms with van der Waals surface area (Å²) in [6.07, 6.45) is 10.6. The quantitative estimate of drug-likeness (QED) is 0.645. The third kappa shape index (κ3) is 4.51. The van der Waals surface area contributed by atoms with E-state index in [0.717, 1.165) is 25.7 Å². The van der Waals surface area contributed by atoms with Gasteiger partial charge in [-0.1, -0.05) is 5.57 Å². The second kappa shape index (κ2) is 6.25. The minimum absolute atomic E-state index is 0.344. The van der Waals surface area contributed by atoms with Crippen molar-refractivity contribution in [1.82, 2.24) is 0 Å². The number of hydrogen-bond acceptors (Lipinski definition) is 2. The van der Waals surface area contributed by atoms with Crippen LogP contribution in [0, 0.1) is 0 Å². The first kappa shape index (κ1) is 10.8. The molecule has 0 saturated heterocycles. The van der Waals surface area contributed by atoms with E-state index in [1.807, 2.05) is 17.8 Å². The molecule has 0 aromatic carbocycles. The van der Waals surface area contributed by atoms with Crippen LogP contribution in [0.4, 0.5) is 0 Å². The molecule has 2 heteroatoms. The molecule has 0 N–H and O–H groups in total. The third-order valence-corrected chi connectivity index (χ3v) is 3.08. The summed E-state index contributed by atoms with van der Waals surface area (Å²) in [6.45, 7) is 0. The Bertz CT molecular complexity index is 196. The van der Waals surface area contributed by atoms with Gasteiger partial charge >= 0.3 is 0 Å². The van der Waals surface area contributed by atoms with Gasteiger partial charge in [0.2, 0.25) is 0 Å². The third-order valence-electron chi connectivity index (χ3n) is 2.38. The molecular weight excluding hydrogens is 180 g/mol. The molecule has 0 bridgehead atoms. The van der Waals surface area contributed by atoms with Crippen LogP contribution in [0.5, 0.6) is 0 Å². The Morgan fingerprint density at radius 1 is 1.38 bits per heavy atom. The molecule has 0 unspecified atom stereocenters. The molecule has 0 fully saturated rings. The number of carbonyl (C=O) groups excluding carboxylic acids is 1. The summed E-state index contributed by atoms with van der Waals surface area (Å²) in [5, 5.41) is 0. The van der Waals surface area contributed by atoms with E-state index >= 15 is 0 Å². The lowest BCUT2D eigenvalue weighted by Crippen LogP contribution is -1.91. The number of hydrogen-bond donors (Lipinski definition) is 0. The lowest BCUT2D eigenvalue weighted by molar-refractivity contribution is -0.114. The zero-order valence-electron chi connectivity index (χ0n) is 8.34. The van der Waals surface area contributed by atoms with E-state index < -0.39 is 0 Å². The minimum atomic E-state index is 0.344. The number of ketones is 1. The molecule has 0 radical (unpaired) electrons. The molecule has 0 amide bonds. The number of allylic oxidation sites excluding steroid dienone is 2. The van der Waals surface area contributed by atoms with Crippen molar-refractivity contribution >= 4 is 17.5 Å². The van der Waals surface area contributed by atoms with Crippen molar-refractivity contribution < 1.29 is 4.79 Å². The Labute approximate surface area is 85.0 Å². The van der Waals surface area contributed by atoms with Gasteiger partial charge in [0, 0.05) is 6.42 Å². The van der Waals surface area contributed by atoms with Gasteiger partial charge in [0.25, 0.3) is 0 Å². The first-order chi connectivity index (χ1) is 6.33. The minimum Gasteiger partial charge on any atom is -0.295 e. The summed E-state index contributed by atoms with van der Waals surface area (Å²) in [6, 6.07) is 0. The Kier molecular flexibility index (Phi) is 5.21. The second-order valence-electron chi connectivity index (χ2n) is 3.57. The molecule has 0 atom stereocenters. The molecular formula is C11H18OS. The molecule has 0 aliphatic heterocycles. The monoisotopic (exact) mass is 198 g/mol. The van der Waals surface area contributed by atoms with Gasteiger partial charge < -0.3 is 0 Å². The van der Waals surface area contributed by atoms with Crippen LogP contribution in [0.1, 0.15) is 38.5 Å². The Hall–Kier alpha value is -0.240. The van der Waals surface area contributed by atoms with E-state index in [0.29, 0.717) is 5.78 Å². The fourth-order valence-electron chi connectivity index (χ4n) is 1.66. The van der Waals surface area contributed by atoms with Crippen molar-refractivity contribution in [3.8, 4) is 0 Å². The van der Waals surface area contributed by atoms with Crippen molar-refractivity contribution in [3.05, 3.63) is 11.6 Å². The van der Waals surface area contributed by atoms with Crippen LogP contribution in [-0.2, 0) is 4.79 Å². The molecule has 0 aromatic rings. The first-order valence-electron chi connectivity index (χ1n) is 5.04. The van der Waals surface area contributed by atoms with Gasteiger partial charge in [-0.2, -0.15) is 11.8 Å². The van der Waals surface area contributed by atoms with Gasteiger partial charge in [-0.15, -0.1) is 0 Å². The van der Waals surface area contributed by atoms with E-state index in [1.165, 1.54) is 24.2 Å². The van der Waals surface area contributed by atoms with Gasteiger partial charge in [-0.3, -0.25) is 4.79 Å². The largest absolute Gasteiger partial charge is 0.295 e. The first-order valence-corrected chi connectivity index (χ1v) is 6.43. The highest BCUT2D eigenvalue weighted by Gasteiger charge is 2.07. The normalized spacial score (nSPS) is 18.2. The molecule has 1 rings (SSSR count). The summed E-state index contributed by atoms with van der Waals surface area (Å²) < 4.78 is 0. The van der Waals surface area contributed by atoms with Crippen LogP contribution in [0.25, 0.3) is 0 Å². The van der Waals surface area contributed by atoms with Crippen LogP contribution in [-0.4, -0.2) is 17.8 Å². The lowest BCUT2D eigenvalue weighted by Gasteiger charge is -2.02. The van der Waals surface area contributed by atoms with Gasteiger partial charge in [-0.05, 0) is 50.2 Å². The maximum absolute atomic E-state index is 11.2. The van der Waals surface area contributed by atoms with Crippen LogP contribution in [0.15, 0.2) is 11.6 Å². The summed E-state index contributed by atoms with van der Waals surface area (Å²) >= 11 is 1.88. The molecule has 1 aliphatic rings. The molecule has 1 nitrogen and oxygen atoms in total. The number of rotatable bonds is 4. The van der Waals surface area contributed by atoms with Crippen molar-refractivity contribution in [1.29, 1.82) is 0 Å². The molecule has 0 spiro atoms. The van der Waals surface area contributed by atoms with Crippen molar-refractivity contribution in [2.24, 2.45) is 0 Å². The Balaban J connectivity index is 2.32. The Morgan fingerprint density at radius 3 is 2.92 bits per heavy atom. The van der Waals surface area contributed by atoms with E-state index in [2.05, 4.69) is 6.26 Å². The van der Waals surface area contributed by atoms with Crippen LogP contribution in [0.2, 0.25) is 0 Å². The van der Waals surface area contributed by atoms with Crippen molar-refractivity contribution in [2.45, 2.75) is 38.5 Å². The Morgan fingerprint density at radius 2 is 2.15 bits per heavy atom. The highest BCUT2D eigenvalue weighted by Crippen LogP contribution is 2.19. The zero-order chi connectivity index (χ0) is 9.52. The van der Waals surface area contributed by atoms with Crippen LogP contribution >= 0.6 is 11.8 Å². The predicted molar refractivity (Wildman–Crippen MR) is 59.2 cm³/mol. The SMILES string of the molecule is CSCCCC1=CC(=O)CCCC1.